The number of carbonyl (C=O) groups is 2. The molecule has 0 saturated carbocycles. The molecule has 0 amide bonds. The number of rotatable bonds is 9. The topological polar surface area (TPSA) is 85.6 Å². The predicted molar refractivity (Wildman–Crippen MR) is 131 cm³/mol. The molecule has 176 valence electrons. The summed E-state index contributed by atoms with van der Waals surface area (Å²) in [5.41, 5.74) is 3.52. The first-order valence-electron chi connectivity index (χ1n) is 11.5. The van der Waals surface area contributed by atoms with Gasteiger partial charge in [0.2, 0.25) is 0 Å². The van der Waals surface area contributed by atoms with E-state index in [1.807, 2.05) is 24.3 Å². The van der Waals surface area contributed by atoms with E-state index in [1.165, 1.54) is 0 Å². The quantitative estimate of drug-likeness (QED) is 0.169. The summed E-state index contributed by atoms with van der Waals surface area (Å²) in [6, 6.07) is 23.5. The van der Waals surface area contributed by atoms with Crippen molar-refractivity contribution >= 4 is 11.9 Å². The molecule has 4 rings (SSSR count). The minimum absolute atomic E-state index is 0.0625. The fraction of sp³-hybridized carbons (Fsp3) is 0.207. The number of ether oxygens (including phenoxy) is 3. The monoisotopic (exact) mass is 467 g/mol. The molecule has 1 aliphatic rings. The van der Waals surface area contributed by atoms with E-state index in [-0.39, 0.29) is 12.1 Å². The van der Waals surface area contributed by atoms with Crippen LogP contribution in [0.5, 0.6) is 11.5 Å². The molecule has 1 aliphatic heterocycles. The third-order valence-corrected chi connectivity index (χ3v) is 5.73. The molecular weight excluding hydrogens is 442 g/mol. The van der Waals surface area contributed by atoms with Gasteiger partial charge < -0.3 is 14.2 Å². The van der Waals surface area contributed by atoms with Gasteiger partial charge in [-0.1, -0.05) is 30.8 Å². The van der Waals surface area contributed by atoms with Crippen LogP contribution in [0.1, 0.15) is 41.6 Å². The maximum Gasteiger partial charge on any atom is 0.343 e. The second-order valence-corrected chi connectivity index (χ2v) is 8.31. The van der Waals surface area contributed by atoms with Crippen molar-refractivity contribution in [1.82, 2.24) is 0 Å². The minimum atomic E-state index is -0.449. The largest absolute Gasteiger partial charge is 0.494 e. The Balaban J connectivity index is 1.21. The van der Waals surface area contributed by atoms with Gasteiger partial charge in [-0.05, 0) is 78.9 Å². The van der Waals surface area contributed by atoms with Gasteiger partial charge in [-0.3, -0.25) is 0 Å². The summed E-state index contributed by atoms with van der Waals surface area (Å²) in [7, 11) is 0. The molecule has 6 nitrogen and oxygen atoms in total. The molecule has 0 N–H and O–H groups in total. The van der Waals surface area contributed by atoms with Crippen molar-refractivity contribution in [3.05, 3.63) is 96.1 Å². The molecule has 1 fully saturated rings. The van der Waals surface area contributed by atoms with Gasteiger partial charge in [0, 0.05) is 12.0 Å². The summed E-state index contributed by atoms with van der Waals surface area (Å²) >= 11 is 0. The van der Waals surface area contributed by atoms with E-state index in [0.29, 0.717) is 41.2 Å². The van der Waals surface area contributed by atoms with Crippen LogP contribution < -0.4 is 9.47 Å². The van der Waals surface area contributed by atoms with Crippen molar-refractivity contribution < 1.29 is 23.8 Å². The molecule has 0 spiro atoms. The second-order valence-electron chi connectivity index (χ2n) is 8.31. The Labute approximate surface area is 204 Å². The van der Waals surface area contributed by atoms with Gasteiger partial charge in [0.25, 0.3) is 0 Å². The lowest BCUT2D eigenvalue weighted by Gasteiger charge is -2.10. The minimum Gasteiger partial charge on any atom is -0.494 e. The Morgan fingerprint density at radius 1 is 0.943 bits per heavy atom. The smallest absolute Gasteiger partial charge is 0.343 e. The van der Waals surface area contributed by atoms with Crippen molar-refractivity contribution in [2.45, 2.75) is 31.8 Å². The Hall–Kier alpha value is -4.37. The first-order chi connectivity index (χ1) is 17.0. The van der Waals surface area contributed by atoms with Crippen LogP contribution >= 0.6 is 0 Å². The molecule has 1 saturated heterocycles. The van der Waals surface area contributed by atoms with Gasteiger partial charge in [-0.15, -0.1) is 0 Å². The summed E-state index contributed by atoms with van der Waals surface area (Å²) in [6.07, 6.45) is 3.07. The fourth-order valence-corrected chi connectivity index (χ4v) is 3.77. The van der Waals surface area contributed by atoms with Crippen LogP contribution in [-0.4, -0.2) is 24.6 Å². The molecule has 0 aliphatic carbocycles. The number of nitriles is 1. The van der Waals surface area contributed by atoms with E-state index < -0.39 is 5.97 Å². The molecule has 1 heterocycles. The van der Waals surface area contributed by atoms with Crippen molar-refractivity contribution in [1.29, 1.82) is 5.26 Å². The first kappa shape index (κ1) is 23.8. The average molecular weight is 468 g/mol. The zero-order chi connectivity index (χ0) is 24.6. The van der Waals surface area contributed by atoms with Gasteiger partial charge in [-0.2, -0.15) is 5.26 Å². The normalized spacial score (nSPS) is 14.8. The second kappa shape index (κ2) is 11.2. The lowest BCUT2D eigenvalue weighted by molar-refractivity contribution is -0.139. The summed E-state index contributed by atoms with van der Waals surface area (Å²) < 4.78 is 16.4. The highest BCUT2D eigenvalue weighted by molar-refractivity contribution is 5.91. The van der Waals surface area contributed by atoms with Crippen LogP contribution in [0, 0.1) is 11.3 Å². The highest BCUT2D eigenvalue weighted by atomic mass is 16.6. The van der Waals surface area contributed by atoms with Crippen molar-refractivity contribution in [3.63, 3.8) is 0 Å². The van der Waals surface area contributed by atoms with Crippen molar-refractivity contribution in [3.8, 4) is 28.7 Å². The Morgan fingerprint density at radius 2 is 1.57 bits per heavy atom. The number of hydrogen-bond donors (Lipinski definition) is 0. The molecule has 6 heteroatoms. The number of esters is 2. The maximum atomic E-state index is 12.5. The van der Waals surface area contributed by atoms with Crippen LogP contribution in [0.4, 0.5) is 0 Å². The van der Waals surface area contributed by atoms with Crippen LogP contribution in [0.2, 0.25) is 0 Å². The van der Waals surface area contributed by atoms with E-state index >= 15 is 0 Å². The SMILES string of the molecule is C=C1CC(CCCCOc2ccc(C(=O)Oc3ccc(-c4ccc(C#N)cc4)cc3)cc2)OC1=O. The fourth-order valence-electron chi connectivity index (χ4n) is 3.77. The van der Waals surface area contributed by atoms with Crippen LogP contribution in [-0.2, 0) is 9.53 Å². The highest BCUT2D eigenvalue weighted by Crippen LogP contribution is 2.24. The Kier molecular flexibility index (Phi) is 7.59. The average Bonchev–Trinajstić information content (AvgIpc) is 3.21. The number of benzene rings is 3. The molecule has 35 heavy (non-hydrogen) atoms. The van der Waals surface area contributed by atoms with Gasteiger partial charge >= 0.3 is 11.9 Å². The van der Waals surface area contributed by atoms with E-state index in [0.717, 1.165) is 30.4 Å². The van der Waals surface area contributed by atoms with Crippen LogP contribution in [0.25, 0.3) is 11.1 Å². The molecular formula is C29H25NO5. The lowest BCUT2D eigenvalue weighted by Crippen LogP contribution is -2.08. The zero-order valence-electron chi connectivity index (χ0n) is 19.2. The van der Waals surface area contributed by atoms with Crippen LogP contribution in [0.3, 0.4) is 0 Å². The zero-order valence-corrected chi connectivity index (χ0v) is 19.2. The van der Waals surface area contributed by atoms with Crippen molar-refractivity contribution in [2.24, 2.45) is 0 Å². The molecule has 0 aromatic heterocycles. The molecule has 3 aromatic rings. The first-order valence-corrected chi connectivity index (χ1v) is 11.5. The summed E-state index contributed by atoms with van der Waals surface area (Å²) in [5, 5.41) is 8.91. The van der Waals surface area contributed by atoms with E-state index in [1.54, 1.807) is 48.5 Å². The van der Waals surface area contributed by atoms with Crippen LogP contribution in [0.15, 0.2) is 84.9 Å². The third kappa shape index (κ3) is 6.36. The predicted octanol–water partition coefficient (Wildman–Crippen LogP) is 5.87. The highest BCUT2D eigenvalue weighted by Gasteiger charge is 2.26. The third-order valence-electron chi connectivity index (χ3n) is 5.73. The molecule has 3 aromatic carbocycles. The van der Waals surface area contributed by atoms with Gasteiger partial charge in [0.05, 0.1) is 23.8 Å². The molecule has 1 atom stereocenters. The summed E-state index contributed by atoms with van der Waals surface area (Å²) in [4.78, 5) is 23.8. The number of cyclic esters (lactones) is 1. The van der Waals surface area contributed by atoms with Gasteiger partial charge in [0.15, 0.2) is 0 Å². The summed E-state index contributed by atoms with van der Waals surface area (Å²) in [5.74, 6) is 0.388. The number of unbranched alkanes of at least 4 members (excludes halogenated alkanes) is 1. The Bertz CT molecular complexity index is 1220. The molecule has 1 unspecified atom stereocenters. The van der Waals surface area contributed by atoms with E-state index in [9.17, 15) is 9.59 Å². The number of nitrogens with zero attached hydrogens (tertiary/aromatic N) is 1. The number of carbonyl (C=O) groups excluding carboxylic acids is 2. The number of hydrogen-bond acceptors (Lipinski definition) is 6. The van der Waals surface area contributed by atoms with Crippen molar-refractivity contribution in [2.75, 3.05) is 6.61 Å². The van der Waals surface area contributed by atoms with E-state index in [2.05, 4.69) is 12.6 Å². The maximum absolute atomic E-state index is 12.5. The van der Waals surface area contributed by atoms with E-state index in [4.69, 9.17) is 19.5 Å². The lowest BCUT2D eigenvalue weighted by atomic mass is 10.0. The Morgan fingerprint density at radius 3 is 2.17 bits per heavy atom. The standard InChI is InChI=1S/C29H25NO5/c1-20-18-27(35-28(20)31)4-2-3-17-33-25-13-11-24(12-14-25)29(32)34-26-15-9-23(10-16-26)22-7-5-21(19-30)6-8-22/h5-16,27H,1-4,17-18H2. The summed E-state index contributed by atoms with van der Waals surface area (Å²) in [6.45, 7) is 4.23. The van der Waals surface area contributed by atoms with Gasteiger partial charge in [0.1, 0.15) is 17.6 Å². The molecule has 0 radical (unpaired) electrons. The molecule has 0 bridgehead atoms. The van der Waals surface area contributed by atoms with Gasteiger partial charge in [-0.25, -0.2) is 9.59 Å².